The standard InChI is InChI=1S/C32H28ClN3O2/c33-25-11-9-24-10-13-26(34-29(24)19-25)12-8-22-4-3-5-23(18-22)20-36-30-7-2-1-6-27(30)28-21-35(16-14-31(28)36)17-15-32(37)38/h1-13,18-19H,14-17,20-21H2,(H,37,38)/b12-8+. The van der Waals surface area contributed by atoms with Crippen LogP contribution in [0, 0.1) is 0 Å². The highest BCUT2D eigenvalue weighted by Gasteiger charge is 2.24. The SMILES string of the molecule is O=C(O)CCN1CCc2c(c3ccccc3n2Cc2cccc(/C=C/c3ccc4ccc(Cl)cc4n3)c2)C1. The van der Waals surface area contributed by atoms with Crippen LogP contribution in [0.25, 0.3) is 34.0 Å². The van der Waals surface area contributed by atoms with Crippen LogP contribution in [0.1, 0.15) is 34.5 Å². The summed E-state index contributed by atoms with van der Waals surface area (Å²) in [7, 11) is 0. The number of carbonyl (C=O) groups is 1. The number of benzene rings is 3. The van der Waals surface area contributed by atoms with Crippen molar-refractivity contribution >= 4 is 51.5 Å². The van der Waals surface area contributed by atoms with Gasteiger partial charge < -0.3 is 9.67 Å². The number of hydrogen-bond acceptors (Lipinski definition) is 3. The molecular formula is C32H28ClN3O2. The van der Waals surface area contributed by atoms with Crippen LogP contribution in [0.3, 0.4) is 0 Å². The third-order valence-electron chi connectivity index (χ3n) is 7.30. The molecule has 6 heteroatoms. The van der Waals surface area contributed by atoms with Crippen molar-refractivity contribution in [2.45, 2.75) is 25.9 Å². The van der Waals surface area contributed by atoms with Crippen LogP contribution in [-0.4, -0.2) is 38.6 Å². The lowest BCUT2D eigenvalue weighted by atomic mass is 10.0. The van der Waals surface area contributed by atoms with Gasteiger partial charge in [-0.15, -0.1) is 0 Å². The Morgan fingerprint density at radius 3 is 2.76 bits per heavy atom. The molecule has 0 aliphatic carbocycles. The highest BCUT2D eigenvalue weighted by Crippen LogP contribution is 2.32. The van der Waals surface area contributed by atoms with Gasteiger partial charge in [0.15, 0.2) is 0 Å². The number of carboxylic acids is 1. The Morgan fingerprint density at radius 1 is 1.00 bits per heavy atom. The molecule has 3 aromatic carbocycles. The second-order valence-corrected chi connectivity index (χ2v) is 10.3. The van der Waals surface area contributed by atoms with Crippen molar-refractivity contribution in [3.05, 3.63) is 112 Å². The maximum atomic E-state index is 11.1. The Hall–Kier alpha value is -3.93. The summed E-state index contributed by atoms with van der Waals surface area (Å²) in [4.78, 5) is 18.1. The zero-order valence-electron chi connectivity index (χ0n) is 21.0. The molecule has 5 aromatic rings. The molecule has 1 aliphatic heterocycles. The average molecular weight is 522 g/mol. The first-order valence-corrected chi connectivity index (χ1v) is 13.3. The molecule has 0 fully saturated rings. The molecule has 0 saturated carbocycles. The number of aromatic nitrogens is 2. The van der Waals surface area contributed by atoms with Gasteiger partial charge in [-0.1, -0.05) is 66.2 Å². The van der Waals surface area contributed by atoms with E-state index in [1.165, 1.54) is 27.7 Å². The summed E-state index contributed by atoms with van der Waals surface area (Å²) >= 11 is 6.15. The van der Waals surface area contributed by atoms with Crippen LogP contribution < -0.4 is 0 Å². The summed E-state index contributed by atoms with van der Waals surface area (Å²) in [6.45, 7) is 3.05. The van der Waals surface area contributed by atoms with E-state index >= 15 is 0 Å². The van der Waals surface area contributed by atoms with Crippen LogP contribution in [0.2, 0.25) is 5.02 Å². The van der Waals surface area contributed by atoms with Crippen molar-refractivity contribution in [2.75, 3.05) is 13.1 Å². The number of pyridine rings is 1. The van der Waals surface area contributed by atoms with Gasteiger partial charge in [0.25, 0.3) is 0 Å². The van der Waals surface area contributed by atoms with E-state index in [1.54, 1.807) is 0 Å². The van der Waals surface area contributed by atoms with Gasteiger partial charge in [0, 0.05) is 59.6 Å². The first kappa shape index (κ1) is 24.4. The smallest absolute Gasteiger partial charge is 0.304 e. The van der Waals surface area contributed by atoms with Crippen LogP contribution >= 0.6 is 11.6 Å². The van der Waals surface area contributed by atoms with Gasteiger partial charge in [0.05, 0.1) is 17.6 Å². The Balaban J connectivity index is 1.26. The van der Waals surface area contributed by atoms with E-state index in [4.69, 9.17) is 21.7 Å². The monoisotopic (exact) mass is 521 g/mol. The van der Waals surface area contributed by atoms with E-state index in [0.29, 0.717) is 11.6 Å². The maximum absolute atomic E-state index is 11.1. The summed E-state index contributed by atoms with van der Waals surface area (Å²) in [5.74, 6) is -0.743. The van der Waals surface area contributed by atoms with E-state index < -0.39 is 5.97 Å². The number of nitrogens with zero attached hydrogens (tertiary/aromatic N) is 3. The minimum Gasteiger partial charge on any atom is -0.481 e. The molecular weight excluding hydrogens is 494 g/mol. The largest absolute Gasteiger partial charge is 0.481 e. The molecule has 0 spiro atoms. The molecule has 0 atom stereocenters. The van der Waals surface area contributed by atoms with Gasteiger partial charge in [0.2, 0.25) is 0 Å². The lowest BCUT2D eigenvalue weighted by molar-refractivity contribution is -0.137. The minimum absolute atomic E-state index is 0.177. The molecule has 0 bridgehead atoms. The number of aliphatic carboxylic acids is 1. The average Bonchev–Trinajstić information content (AvgIpc) is 3.23. The highest BCUT2D eigenvalue weighted by molar-refractivity contribution is 6.31. The Labute approximate surface area is 226 Å². The van der Waals surface area contributed by atoms with Gasteiger partial charge in [-0.3, -0.25) is 9.69 Å². The molecule has 0 saturated heterocycles. The van der Waals surface area contributed by atoms with Crippen molar-refractivity contribution in [1.29, 1.82) is 0 Å². The molecule has 38 heavy (non-hydrogen) atoms. The molecule has 5 nitrogen and oxygen atoms in total. The van der Waals surface area contributed by atoms with E-state index in [1.807, 2.05) is 30.3 Å². The van der Waals surface area contributed by atoms with Gasteiger partial charge in [-0.05, 0) is 53.1 Å². The van der Waals surface area contributed by atoms with Crippen molar-refractivity contribution in [1.82, 2.24) is 14.5 Å². The minimum atomic E-state index is -0.743. The Morgan fingerprint density at radius 2 is 1.87 bits per heavy atom. The zero-order valence-corrected chi connectivity index (χ0v) is 21.7. The van der Waals surface area contributed by atoms with Crippen molar-refractivity contribution < 1.29 is 9.90 Å². The van der Waals surface area contributed by atoms with E-state index in [9.17, 15) is 4.79 Å². The molecule has 190 valence electrons. The summed E-state index contributed by atoms with van der Waals surface area (Å²) in [5.41, 5.74) is 8.07. The van der Waals surface area contributed by atoms with Crippen LogP contribution in [-0.2, 0) is 24.3 Å². The number of hydrogen-bond donors (Lipinski definition) is 1. The third kappa shape index (κ3) is 5.08. The summed E-state index contributed by atoms with van der Waals surface area (Å²) in [6.07, 6.45) is 5.24. The van der Waals surface area contributed by atoms with Gasteiger partial charge in [0.1, 0.15) is 0 Å². The lowest BCUT2D eigenvalue weighted by Crippen LogP contribution is -2.32. The summed E-state index contributed by atoms with van der Waals surface area (Å²) < 4.78 is 2.44. The Bertz CT molecular complexity index is 1690. The first-order valence-electron chi connectivity index (χ1n) is 12.9. The fraction of sp³-hybridized carbons (Fsp3) is 0.188. The van der Waals surface area contributed by atoms with Crippen molar-refractivity contribution in [3.8, 4) is 0 Å². The molecule has 6 rings (SSSR count). The number of carboxylic acid groups (broad SMARTS) is 1. The normalized spacial score (nSPS) is 13.9. The van der Waals surface area contributed by atoms with Crippen LogP contribution in [0.4, 0.5) is 0 Å². The van der Waals surface area contributed by atoms with Gasteiger partial charge in [-0.2, -0.15) is 0 Å². The van der Waals surface area contributed by atoms with E-state index in [2.05, 4.69) is 70.1 Å². The van der Waals surface area contributed by atoms with Crippen molar-refractivity contribution in [2.24, 2.45) is 0 Å². The molecule has 1 aliphatic rings. The third-order valence-corrected chi connectivity index (χ3v) is 7.53. The highest BCUT2D eigenvalue weighted by atomic mass is 35.5. The molecule has 1 N–H and O–H groups in total. The molecule has 3 heterocycles. The zero-order chi connectivity index (χ0) is 26.1. The number of halogens is 1. The predicted molar refractivity (Wildman–Crippen MR) is 154 cm³/mol. The fourth-order valence-corrected chi connectivity index (χ4v) is 5.61. The number of fused-ring (bicyclic) bond motifs is 4. The second-order valence-electron chi connectivity index (χ2n) is 9.85. The van der Waals surface area contributed by atoms with Crippen LogP contribution in [0.5, 0.6) is 0 Å². The first-order chi connectivity index (χ1) is 18.5. The van der Waals surface area contributed by atoms with Crippen molar-refractivity contribution in [3.63, 3.8) is 0 Å². The predicted octanol–water partition coefficient (Wildman–Crippen LogP) is 6.89. The second kappa shape index (κ2) is 10.4. The quantitative estimate of drug-likeness (QED) is 0.253. The van der Waals surface area contributed by atoms with E-state index in [0.717, 1.165) is 48.2 Å². The topological polar surface area (TPSA) is 58.4 Å². The molecule has 0 radical (unpaired) electrons. The lowest BCUT2D eigenvalue weighted by Gasteiger charge is -2.27. The number of para-hydroxylation sites is 1. The molecule has 0 unspecified atom stereocenters. The fourth-order valence-electron chi connectivity index (χ4n) is 5.44. The van der Waals surface area contributed by atoms with E-state index in [-0.39, 0.29) is 6.42 Å². The maximum Gasteiger partial charge on any atom is 0.304 e. The van der Waals surface area contributed by atoms with Gasteiger partial charge >= 0.3 is 5.97 Å². The van der Waals surface area contributed by atoms with Crippen LogP contribution in [0.15, 0.2) is 78.9 Å². The summed E-state index contributed by atoms with van der Waals surface area (Å²) in [5, 5.41) is 12.1. The summed E-state index contributed by atoms with van der Waals surface area (Å²) in [6, 6.07) is 27.0. The molecule has 0 amide bonds. The molecule has 2 aromatic heterocycles. The number of rotatable bonds is 7. The Kier molecular flexibility index (Phi) is 6.71. The van der Waals surface area contributed by atoms with Gasteiger partial charge in [-0.25, -0.2) is 4.98 Å².